The smallest absolute Gasteiger partial charge is 0.0954 e. The van der Waals surface area contributed by atoms with E-state index in [1.807, 2.05) is 24.8 Å². The summed E-state index contributed by atoms with van der Waals surface area (Å²) < 4.78 is 2.27. The first-order chi connectivity index (χ1) is 7.84. The minimum Gasteiger partial charge on any atom is -0.326 e. The van der Waals surface area contributed by atoms with Gasteiger partial charge in [-0.3, -0.25) is 4.98 Å². The number of aryl methyl sites for hydroxylation is 2. The highest BCUT2D eigenvalue weighted by molar-refractivity contribution is 5.20. The minimum absolute atomic E-state index is 0.381. The Kier molecular flexibility index (Phi) is 2.24. The van der Waals surface area contributed by atoms with Gasteiger partial charge in [0.15, 0.2) is 0 Å². The standard InChI is InChI=1S/C13H15N3/c1-10-5-6-15-12(7-10)13-4-2-3-11-8-14-9-16(11)13/h5-9,13H,2-4H2,1H3. The second kappa shape index (κ2) is 3.74. The quantitative estimate of drug-likeness (QED) is 0.728. The van der Waals surface area contributed by atoms with Gasteiger partial charge in [-0.15, -0.1) is 0 Å². The average Bonchev–Trinajstić information content (AvgIpc) is 2.76. The lowest BCUT2D eigenvalue weighted by Gasteiger charge is -2.25. The SMILES string of the molecule is Cc1ccnc(C2CCCc3cncn32)c1. The maximum atomic E-state index is 4.49. The van der Waals surface area contributed by atoms with Gasteiger partial charge >= 0.3 is 0 Å². The molecule has 0 saturated carbocycles. The van der Waals surface area contributed by atoms with E-state index in [2.05, 4.69) is 27.5 Å². The van der Waals surface area contributed by atoms with Gasteiger partial charge in [-0.05, 0) is 43.9 Å². The van der Waals surface area contributed by atoms with Crippen molar-refractivity contribution >= 4 is 0 Å². The van der Waals surface area contributed by atoms with Crippen molar-refractivity contribution in [3.8, 4) is 0 Å². The van der Waals surface area contributed by atoms with Gasteiger partial charge < -0.3 is 4.57 Å². The second-order valence-electron chi connectivity index (χ2n) is 4.46. The molecule has 0 amide bonds. The molecule has 0 fully saturated rings. The van der Waals surface area contributed by atoms with Gasteiger partial charge in [-0.2, -0.15) is 0 Å². The topological polar surface area (TPSA) is 30.7 Å². The van der Waals surface area contributed by atoms with Gasteiger partial charge in [0.05, 0.1) is 18.1 Å². The molecule has 3 heteroatoms. The molecule has 1 aliphatic heterocycles. The van der Waals surface area contributed by atoms with Crippen LogP contribution >= 0.6 is 0 Å². The van der Waals surface area contributed by atoms with Crippen LogP contribution in [0.2, 0.25) is 0 Å². The maximum absolute atomic E-state index is 4.49. The van der Waals surface area contributed by atoms with Gasteiger partial charge in [-0.25, -0.2) is 4.98 Å². The molecule has 0 N–H and O–H groups in total. The Morgan fingerprint density at radius 2 is 2.38 bits per heavy atom. The Bertz CT molecular complexity index is 501. The number of hydrogen-bond acceptors (Lipinski definition) is 2. The average molecular weight is 213 g/mol. The van der Waals surface area contributed by atoms with E-state index in [1.54, 1.807) is 0 Å². The summed E-state index contributed by atoms with van der Waals surface area (Å²) in [5.74, 6) is 0. The van der Waals surface area contributed by atoms with E-state index in [1.165, 1.54) is 29.8 Å². The van der Waals surface area contributed by atoms with Gasteiger partial charge in [0.25, 0.3) is 0 Å². The van der Waals surface area contributed by atoms with Crippen LogP contribution < -0.4 is 0 Å². The monoisotopic (exact) mass is 213 g/mol. The summed E-state index contributed by atoms with van der Waals surface area (Å²) in [7, 11) is 0. The molecule has 16 heavy (non-hydrogen) atoms. The zero-order valence-electron chi connectivity index (χ0n) is 9.43. The number of fused-ring (bicyclic) bond motifs is 1. The first-order valence-electron chi connectivity index (χ1n) is 5.78. The molecular weight excluding hydrogens is 198 g/mol. The molecule has 0 spiro atoms. The Hall–Kier alpha value is -1.64. The summed E-state index contributed by atoms with van der Waals surface area (Å²) in [6, 6.07) is 4.60. The van der Waals surface area contributed by atoms with E-state index in [0.29, 0.717) is 6.04 Å². The third-order valence-electron chi connectivity index (χ3n) is 3.27. The molecule has 1 aliphatic rings. The van der Waals surface area contributed by atoms with Crippen molar-refractivity contribution in [3.05, 3.63) is 47.8 Å². The van der Waals surface area contributed by atoms with E-state index in [-0.39, 0.29) is 0 Å². The molecule has 2 aromatic rings. The van der Waals surface area contributed by atoms with Crippen molar-refractivity contribution < 1.29 is 0 Å². The third-order valence-corrected chi connectivity index (χ3v) is 3.27. The van der Waals surface area contributed by atoms with Crippen LogP contribution in [0.4, 0.5) is 0 Å². The third kappa shape index (κ3) is 1.52. The molecule has 1 atom stereocenters. The molecular formula is C13H15N3. The lowest BCUT2D eigenvalue weighted by atomic mass is 9.99. The van der Waals surface area contributed by atoms with Crippen LogP contribution in [0.1, 0.15) is 35.8 Å². The lowest BCUT2D eigenvalue weighted by molar-refractivity contribution is 0.449. The molecule has 3 heterocycles. The first kappa shape index (κ1) is 9.58. The molecule has 82 valence electrons. The summed E-state index contributed by atoms with van der Waals surface area (Å²) >= 11 is 0. The van der Waals surface area contributed by atoms with E-state index < -0.39 is 0 Å². The van der Waals surface area contributed by atoms with Crippen LogP contribution in [-0.4, -0.2) is 14.5 Å². The molecule has 1 unspecified atom stereocenters. The Labute approximate surface area is 95.2 Å². The molecule has 0 saturated heterocycles. The predicted octanol–water partition coefficient (Wildman–Crippen LogP) is 2.51. The van der Waals surface area contributed by atoms with Gasteiger partial charge in [-0.1, -0.05) is 0 Å². The molecule has 0 bridgehead atoms. The maximum Gasteiger partial charge on any atom is 0.0954 e. The van der Waals surface area contributed by atoms with E-state index >= 15 is 0 Å². The second-order valence-corrected chi connectivity index (χ2v) is 4.46. The number of pyridine rings is 1. The zero-order valence-corrected chi connectivity index (χ0v) is 9.43. The molecule has 0 radical (unpaired) electrons. The number of imidazole rings is 1. The summed E-state index contributed by atoms with van der Waals surface area (Å²) in [5, 5.41) is 0. The van der Waals surface area contributed by atoms with Crippen LogP contribution in [0.5, 0.6) is 0 Å². The summed E-state index contributed by atoms with van der Waals surface area (Å²) in [6.45, 7) is 2.11. The Morgan fingerprint density at radius 1 is 1.44 bits per heavy atom. The number of aromatic nitrogens is 3. The summed E-state index contributed by atoms with van der Waals surface area (Å²) in [6.07, 6.45) is 9.34. The highest BCUT2D eigenvalue weighted by Gasteiger charge is 2.21. The fourth-order valence-corrected chi connectivity index (χ4v) is 2.45. The molecule has 3 nitrogen and oxygen atoms in total. The van der Waals surface area contributed by atoms with Gasteiger partial charge in [0.2, 0.25) is 0 Å². The fourth-order valence-electron chi connectivity index (χ4n) is 2.45. The van der Waals surface area contributed by atoms with Crippen molar-refractivity contribution in [1.29, 1.82) is 0 Å². The van der Waals surface area contributed by atoms with Crippen LogP contribution in [0.25, 0.3) is 0 Å². The van der Waals surface area contributed by atoms with Gasteiger partial charge in [0.1, 0.15) is 0 Å². The van der Waals surface area contributed by atoms with E-state index in [9.17, 15) is 0 Å². The van der Waals surface area contributed by atoms with Gasteiger partial charge in [0, 0.05) is 18.1 Å². The van der Waals surface area contributed by atoms with Crippen LogP contribution in [0.3, 0.4) is 0 Å². The Balaban J connectivity index is 2.04. The zero-order chi connectivity index (χ0) is 11.0. The van der Waals surface area contributed by atoms with Crippen molar-refractivity contribution in [2.45, 2.75) is 32.2 Å². The normalized spacial score (nSPS) is 19.4. The van der Waals surface area contributed by atoms with Crippen molar-refractivity contribution in [1.82, 2.24) is 14.5 Å². The summed E-state index contributed by atoms with van der Waals surface area (Å²) in [5.41, 5.74) is 3.77. The molecule has 3 rings (SSSR count). The van der Waals surface area contributed by atoms with Crippen LogP contribution in [-0.2, 0) is 6.42 Å². The minimum atomic E-state index is 0.381. The van der Waals surface area contributed by atoms with Crippen molar-refractivity contribution in [2.75, 3.05) is 0 Å². The number of hydrogen-bond donors (Lipinski definition) is 0. The van der Waals surface area contributed by atoms with Crippen molar-refractivity contribution in [3.63, 3.8) is 0 Å². The summed E-state index contributed by atoms with van der Waals surface area (Å²) in [4.78, 5) is 8.73. The molecule has 2 aromatic heterocycles. The molecule has 0 aliphatic carbocycles. The largest absolute Gasteiger partial charge is 0.326 e. The van der Waals surface area contributed by atoms with Crippen LogP contribution in [0.15, 0.2) is 30.9 Å². The highest BCUT2D eigenvalue weighted by Crippen LogP contribution is 2.29. The molecule has 0 aromatic carbocycles. The fraction of sp³-hybridized carbons (Fsp3) is 0.385. The number of rotatable bonds is 1. The van der Waals surface area contributed by atoms with Crippen molar-refractivity contribution in [2.24, 2.45) is 0 Å². The Morgan fingerprint density at radius 3 is 3.25 bits per heavy atom. The van der Waals surface area contributed by atoms with E-state index in [4.69, 9.17) is 0 Å². The highest BCUT2D eigenvalue weighted by atomic mass is 15.1. The lowest BCUT2D eigenvalue weighted by Crippen LogP contribution is -2.18. The predicted molar refractivity (Wildman–Crippen MR) is 62.3 cm³/mol. The van der Waals surface area contributed by atoms with E-state index in [0.717, 1.165) is 6.42 Å². The first-order valence-corrected chi connectivity index (χ1v) is 5.78. The number of nitrogens with zero attached hydrogens (tertiary/aromatic N) is 3. The van der Waals surface area contributed by atoms with Crippen LogP contribution in [0, 0.1) is 6.92 Å².